The van der Waals surface area contributed by atoms with E-state index < -0.39 is 0 Å². The molecular weight excluding hydrogens is 328 g/mol. The van der Waals surface area contributed by atoms with Gasteiger partial charge in [-0.15, -0.1) is 0 Å². The maximum atomic E-state index is 12.1. The number of rotatable bonds is 5. The number of benzene rings is 2. The zero-order valence-electron chi connectivity index (χ0n) is 13.2. The van der Waals surface area contributed by atoms with Gasteiger partial charge in [-0.05, 0) is 36.4 Å². The number of morpholine rings is 1. The highest BCUT2D eigenvalue weighted by molar-refractivity contribution is 6.32. The third kappa shape index (κ3) is 4.71. The van der Waals surface area contributed by atoms with Crippen LogP contribution in [0.4, 0.5) is 5.69 Å². The second kappa shape index (κ2) is 8.15. The van der Waals surface area contributed by atoms with Crippen LogP contribution in [0.5, 0.6) is 11.5 Å². The molecule has 24 heavy (non-hydrogen) atoms. The molecule has 3 rings (SSSR count). The van der Waals surface area contributed by atoms with Crippen molar-refractivity contribution < 1.29 is 14.3 Å². The van der Waals surface area contributed by atoms with E-state index >= 15 is 0 Å². The summed E-state index contributed by atoms with van der Waals surface area (Å²) in [6.45, 7) is 3.32. The first-order valence-corrected chi connectivity index (χ1v) is 8.21. The van der Waals surface area contributed by atoms with Crippen LogP contribution in [-0.2, 0) is 9.53 Å². The Labute approximate surface area is 146 Å². The van der Waals surface area contributed by atoms with Gasteiger partial charge in [0.25, 0.3) is 0 Å². The number of amides is 1. The van der Waals surface area contributed by atoms with Crippen molar-refractivity contribution in [3.8, 4) is 11.5 Å². The van der Waals surface area contributed by atoms with E-state index in [1.54, 1.807) is 24.3 Å². The number of nitrogens with one attached hydrogen (secondary N) is 1. The van der Waals surface area contributed by atoms with Gasteiger partial charge in [-0.2, -0.15) is 0 Å². The standard InChI is InChI=1S/C18H19ClN2O3/c19-16-3-1-2-4-17(16)24-15-7-5-14(6-8-15)20-18(22)13-21-9-11-23-12-10-21/h1-8H,9-13H2,(H,20,22). The van der Waals surface area contributed by atoms with Crippen molar-refractivity contribution in [1.82, 2.24) is 4.90 Å². The summed E-state index contributed by atoms with van der Waals surface area (Å²) in [6, 6.07) is 14.5. The van der Waals surface area contributed by atoms with E-state index in [1.807, 2.05) is 24.3 Å². The maximum absolute atomic E-state index is 12.1. The van der Waals surface area contributed by atoms with Crippen molar-refractivity contribution in [2.45, 2.75) is 0 Å². The highest BCUT2D eigenvalue weighted by atomic mass is 35.5. The lowest BCUT2D eigenvalue weighted by atomic mass is 10.3. The number of hydrogen-bond donors (Lipinski definition) is 1. The van der Waals surface area contributed by atoms with Crippen LogP contribution < -0.4 is 10.1 Å². The van der Waals surface area contributed by atoms with Gasteiger partial charge in [0.1, 0.15) is 11.5 Å². The quantitative estimate of drug-likeness (QED) is 0.901. The predicted molar refractivity (Wildman–Crippen MR) is 93.9 cm³/mol. The van der Waals surface area contributed by atoms with Crippen molar-refractivity contribution >= 4 is 23.2 Å². The highest BCUT2D eigenvalue weighted by Crippen LogP contribution is 2.29. The van der Waals surface area contributed by atoms with Gasteiger partial charge in [-0.3, -0.25) is 9.69 Å². The minimum Gasteiger partial charge on any atom is -0.456 e. The van der Waals surface area contributed by atoms with E-state index in [0.29, 0.717) is 36.3 Å². The molecular formula is C18H19ClN2O3. The second-order valence-electron chi connectivity index (χ2n) is 5.49. The van der Waals surface area contributed by atoms with Crippen LogP contribution in [0.3, 0.4) is 0 Å². The molecule has 0 saturated carbocycles. The first-order chi connectivity index (χ1) is 11.7. The van der Waals surface area contributed by atoms with E-state index in [2.05, 4.69) is 10.2 Å². The molecule has 0 aliphatic carbocycles. The molecule has 0 unspecified atom stereocenters. The van der Waals surface area contributed by atoms with E-state index in [1.165, 1.54) is 0 Å². The first kappa shape index (κ1) is 16.8. The van der Waals surface area contributed by atoms with Crippen LogP contribution in [0.15, 0.2) is 48.5 Å². The monoisotopic (exact) mass is 346 g/mol. The van der Waals surface area contributed by atoms with E-state index in [9.17, 15) is 4.79 Å². The summed E-state index contributed by atoms with van der Waals surface area (Å²) in [7, 11) is 0. The molecule has 1 N–H and O–H groups in total. The summed E-state index contributed by atoms with van der Waals surface area (Å²) in [5, 5.41) is 3.44. The SMILES string of the molecule is O=C(CN1CCOCC1)Nc1ccc(Oc2ccccc2Cl)cc1. The fourth-order valence-electron chi connectivity index (χ4n) is 2.42. The van der Waals surface area contributed by atoms with Crippen LogP contribution in [0, 0.1) is 0 Å². The average molecular weight is 347 g/mol. The molecule has 0 radical (unpaired) electrons. The largest absolute Gasteiger partial charge is 0.456 e. The molecule has 1 aliphatic heterocycles. The number of halogens is 1. The molecule has 1 saturated heterocycles. The third-order valence-electron chi connectivity index (χ3n) is 3.67. The van der Waals surface area contributed by atoms with E-state index in [-0.39, 0.29) is 5.91 Å². The fraction of sp³-hybridized carbons (Fsp3) is 0.278. The van der Waals surface area contributed by atoms with Gasteiger partial charge in [-0.25, -0.2) is 0 Å². The molecule has 0 bridgehead atoms. The van der Waals surface area contributed by atoms with Gasteiger partial charge in [0.2, 0.25) is 5.91 Å². The molecule has 1 aliphatic rings. The molecule has 0 atom stereocenters. The average Bonchev–Trinajstić information content (AvgIpc) is 2.59. The first-order valence-electron chi connectivity index (χ1n) is 7.83. The minimum atomic E-state index is -0.0309. The van der Waals surface area contributed by atoms with Gasteiger partial charge in [0, 0.05) is 18.8 Å². The summed E-state index contributed by atoms with van der Waals surface area (Å²) in [5.74, 6) is 1.23. The molecule has 0 aromatic heterocycles. The molecule has 2 aromatic carbocycles. The van der Waals surface area contributed by atoms with Crippen LogP contribution >= 0.6 is 11.6 Å². The van der Waals surface area contributed by atoms with Crippen molar-refractivity contribution in [3.05, 3.63) is 53.6 Å². The number of para-hydroxylation sites is 1. The molecule has 1 fully saturated rings. The molecule has 1 amide bonds. The summed E-state index contributed by atoms with van der Waals surface area (Å²) < 4.78 is 11.0. The van der Waals surface area contributed by atoms with Crippen LogP contribution in [0.25, 0.3) is 0 Å². The number of anilines is 1. The lowest BCUT2D eigenvalue weighted by Crippen LogP contribution is -2.41. The molecule has 0 spiro atoms. The Kier molecular flexibility index (Phi) is 5.69. The summed E-state index contributed by atoms with van der Waals surface area (Å²) >= 11 is 6.07. The normalized spacial score (nSPS) is 15.0. The Morgan fingerprint density at radius 1 is 1.12 bits per heavy atom. The number of carbonyl (C=O) groups excluding carboxylic acids is 1. The van der Waals surface area contributed by atoms with Gasteiger partial charge >= 0.3 is 0 Å². The Bertz CT molecular complexity index is 685. The van der Waals surface area contributed by atoms with Crippen LogP contribution in [0.2, 0.25) is 5.02 Å². The lowest BCUT2D eigenvalue weighted by Gasteiger charge is -2.25. The zero-order valence-corrected chi connectivity index (χ0v) is 14.0. The van der Waals surface area contributed by atoms with Gasteiger partial charge in [-0.1, -0.05) is 23.7 Å². The topological polar surface area (TPSA) is 50.8 Å². The molecule has 6 heteroatoms. The summed E-state index contributed by atoms with van der Waals surface area (Å²) in [4.78, 5) is 14.1. The van der Waals surface area contributed by atoms with Gasteiger partial charge in [0.15, 0.2) is 0 Å². The highest BCUT2D eigenvalue weighted by Gasteiger charge is 2.14. The fourth-order valence-corrected chi connectivity index (χ4v) is 2.60. The Hall–Kier alpha value is -2.08. The predicted octanol–water partition coefficient (Wildman–Crippen LogP) is 3.40. The van der Waals surface area contributed by atoms with E-state index in [0.717, 1.165) is 18.8 Å². The third-order valence-corrected chi connectivity index (χ3v) is 3.99. The van der Waals surface area contributed by atoms with Gasteiger partial charge in [0.05, 0.1) is 24.8 Å². The van der Waals surface area contributed by atoms with Crippen molar-refractivity contribution in [1.29, 1.82) is 0 Å². The number of ether oxygens (including phenoxy) is 2. The smallest absolute Gasteiger partial charge is 0.238 e. The minimum absolute atomic E-state index is 0.0309. The molecule has 126 valence electrons. The number of nitrogens with zero attached hydrogens (tertiary/aromatic N) is 1. The Balaban J connectivity index is 1.54. The van der Waals surface area contributed by atoms with E-state index in [4.69, 9.17) is 21.1 Å². The van der Waals surface area contributed by atoms with Crippen molar-refractivity contribution in [3.63, 3.8) is 0 Å². The Morgan fingerprint density at radius 2 is 1.83 bits per heavy atom. The molecule has 1 heterocycles. The second-order valence-corrected chi connectivity index (χ2v) is 5.90. The van der Waals surface area contributed by atoms with Crippen LogP contribution in [-0.4, -0.2) is 43.7 Å². The van der Waals surface area contributed by atoms with Crippen LogP contribution in [0.1, 0.15) is 0 Å². The summed E-state index contributed by atoms with van der Waals surface area (Å²) in [6.07, 6.45) is 0. The van der Waals surface area contributed by atoms with Crippen molar-refractivity contribution in [2.75, 3.05) is 38.2 Å². The van der Waals surface area contributed by atoms with Crippen molar-refractivity contribution in [2.24, 2.45) is 0 Å². The lowest BCUT2D eigenvalue weighted by molar-refractivity contribution is -0.118. The zero-order chi connectivity index (χ0) is 16.8. The Morgan fingerprint density at radius 3 is 2.54 bits per heavy atom. The maximum Gasteiger partial charge on any atom is 0.238 e. The number of hydrogen-bond acceptors (Lipinski definition) is 4. The molecule has 2 aromatic rings. The molecule has 5 nitrogen and oxygen atoms in total. The summed E-state index contributed by atoms with van der Waals surface area (Å²) in [5.41, 5.74) is 0.736. The number of carbonyl (C=O) groups is 1. The van der Waals surface area contributed by atoms with Gasteiger partial charge < -0.3 is 14.8 Å².